The highest BCUT2D eigenvalue weighted by atomic mass is 14.2. The Morgan fingerprint density at radius 3 is 1.91 bits per heavy atom. The molecule has 0 heteroatoms. The van der Waals surface area contributed by atoms with E-state index in [0.717, 1.165) is 0 Å². The minimum Gasteiger partial charge on any atom is -0.0887 e. The quantitative estimate of drug-likeness (QED) is 0.384. The van der Waals surface area contributed by atoms with Gasteiger partial charge in [-0.25, -0.2) is 0 Å². The molecule has 126 valence electrons. The lowest BCUT2D eigenvalue weighted by Crippen LogP contribution is -2.07. The molecular formula is C22H38. The largest absolute Gasteiger partial charge is 0.0887 e. The van der Waals surface area contributed by atoms with Crippen LogP contribution in [0.1, 0.15) is 81.1 Å². The third kappa shape index (κ3) is 9.82. The molecule has 0 aromatic rings. The minimum absolute atomic E-state index is 0.616. The first-order valence-corrected chi connectivity index (χ1v) is 8.87. The van der Waals surface area contributed by atoms with Crippen LogP contribution in [0.2, 0.25) is 0 Å². The van der Waals surface area contributed by atoms with Crippen LogP contribution in [-0.4, -0.2) is 0 Å². The average Bonchev–Trinajstić information content (AvgIpc) is 2.45. The van der Waals surface area contributed by atoms with Crippen LogP contribution in [0.25, 0.3) is 0 Å². The Bertz CT molecular complexity index is 425. The molecule has 0 aliphatic heterocycles. The zero-order chi connectivity index (χ0) is 17.1. The maximum absolute atomic E-state index is 2.47. The Hall–Kier alpha value is -1.04. The van der Waals surface area contributed by atoms with Crippen molar-refractivity contribution in [3.63, 3.8) is 0 Å². The van der Waals surface area contributed by atoms with Crippen LogP contribution in [0.3, 0.4) is 0 Å². The Morgan fingerprint density at radius 1 is 0.818 bits per heavy atom. The number of hydrogen-bond donors (Lipinski definition) is 0. The first-order chi connectivity index (χ1) is 10.3. The zero-order valence-corrected chi connectivity index (χ0v) is 16.3. The van der Waals surface area contributed by atoms with Gasteiger partial charge in [0.2, 0.25) is 0 Å². The van der Waals surface area contributed by atoms with Gasteiger partial charge in [0.25, 0.3) is 0 Å². The van der Waals surface area contributed by atoms with Crippen molar-refractivity contribution in [2.75, 3.05) is 0 Å². The molecule has 2 unspecified atom stereocenters. The molecular weight excluding hydrogens is 264 g/mol. The van der Waals surface area contributed by atoms with Crippen LogP contribution in [-0.2, 0) is 0 Å². The summed E-state index contributed by atoms with van der Waals surface area (Å²) >= 11 is 0. The summed E-state index contributed by atoms with van der Waals surface area (Å²) in [5.74, 6) is 1.25. The van der Waals surface area contributed by atoms with E-state index >= 15 is 0 Å². The van der Waals surface area contributed by atoms with Gasteiger partial charge < -0.3 is 0 Å². The predicted octanol–water partition coefficient (Wildman–Crippen LogP) is 7.64. The molecule has 0 nitrogen and oxygen atoms in total. The molecule has 0 heterocycles. The van der Waals surface area contributed by atoms with Crippen LogP contribution < -0.4 is 0 Å². The van der Waals surface area contributed by atoms with Gasteiger partial charge in [-0.15, -0.1) is 0 Å². The maximum atomic E-state index is 2.47. The lowest BCUT2D eigenvalue weighted by molar-refractivity contribution is 0.523. The van der Waals surface area contributed by atoms with E-state index in [1.54, 1.807) is 0 Å². The molecule has 0 fully saturated rings. The second-order valence-corrected chi connectivity index (χ2v) is 7.10. The average molecular weight is 303 g/mol. The Balaban J connectivity index is 4.47. The molecule has 0 saturated carbocycles. The SMILES string of the molecule is C/C=C(\C)CC/C=C(\C)C(C)C(C)/C=C(\C)CCC=C(C)C. The molecule has 0 N–H and O–H groups in total. The molecule has 22 heavy (non-hydrogen) atoms. The summed E-state index contributed by atoms with van der Waals surface area (Å²) in [5.41, 5.74) is 5.96. The second kappa shape index (κ2) is 11.5. The maximum Gasteiger partial charge on any atom is -0.0174 e. The van der Waals surface area contributed by atoms with Gasteiger partial charge in [-0.1, -0.05) is 60.4 Å². The standard InChI is InChI=1S/C22H38/c1-9-18(4)13-11-15-20(6)22(8)21(7)16-19(5)14-10-12-17(2)3/h9,12,15-16,21-22H,10-11,13-14H2,1-8H3/b18-9+,19-16+,20-15+. The number of rotatable bonds is 9. The van der Waals surface area contributed by atoms with Gasteiger partial charge in [-0.2, -0.15) is 0 Å². The van der Waals surface area contributed by atoms with Crippen molar-refractivity contribution in [2.45, 2.75) is 81.1 Å². The minimum atomic E-state index is 0.616. The van der Waals surface area contributed by atoms with E-state index in [4.69, 9.17) is 0 Å². The topological polar surface area (TPSA) is 0 Å². The van der Waals surface area contributed by atoms with Crippen molar-refractivity contribution in [1.82, 2.24) is 0 Å². The van der Waals surface area contributed by atoms with E-state index in [9.17, 15) is 0 Å². The monoisotopic (exact) mass is 302 g/mol. The molecule has 0 rings (SSSR count). The lowest BCUT2D eigenvalue weighted by atomic mass is 9.87. The summed E-state index contributed by atoms with van der Waals surface area (Å²) in [5, 5.41) is 0. The van der Waals surface area contributed by atoms with E-state index in [1.165, 1.54) is 48.0 Å². The Kier molecular flexibility index (Phi) is 11.0. The number of allylic oxidation sites excluding steroid dienone is 8. The van der Waals surface area contributed by atoms with Gasteiger partial charge in [-0.05, 0) is 79.1 Å². The van der Waals surface area contributed by atoms with Crippen molar-refractivity contribution >= 4 is 0 Å². The predicted molar refractivity (Wildman–Crippen MR) is 103 cm³/mol. The van der Waals surface area contributed by atoms with Crippen LogP contribution in [0.15, 0.2) is 46.6 Å². The Labute approximate surface area is 140 Å². The summed E-state index contributed by atoms with van der Waals surface area (Å²) in [6, 6.07) is 0. The lowest BCUT2D eigenvalue weighted by Gasteiger charge is -2.19. The van der Waals surface area contributed by atoms with Gasteiger partial charge in [0, 0.05) is 0 Å². The highest BCUT2D eigenvalue weighted by Gasteiger charge is 2.11. The molecule has 0 aliphatic rings. The molecule has 0 aliphatic carbocycles. The van der Waals surface area contributed by atoms with Crippen molar-refractivity contribution < 1.29 is 0 Å². The third-order valence-corrected chi connectivity index (χ3v) is 4.64. The first kappa shape index (κ1) is 21.0. The van der Waals surface area contributed by atoms with E-state index in [1.807, 2.05) is 0 Å². The van der Waals surface area contributed by atoms with Gasteiger partial charge >= 0.3 is 0 Å². The van der Waals surface area contributed by atoms with E-state index in [0.29, 0.717) is 11.8 Å². The van der Waals surface area contributed by atoms with E-state index in [-0.39, 0.29) is 0 Å². The van der Waals surface area contributed by atoms with Gasteiger partial charge in [-0.3, -0.25) is 0 Å². The summed E-state index contributed by atoms with van der Waals surface area (Å²) in [6.07, 6.45) is 14.2. The summed E-state index contributed by atoms with van der Waals surface area (Å²) < 4.78 is 0. The van der Waals surface area contributed by atoms with Gasteiger partial charge in [0.1, 0.15) is 0 Å². The molecule has 0 aromatic carbocycles. The molecule has 0 bridgehead atoms. The van der Waals surface area contributed by atoms with E-state index in [2.05, 4.69) is 79.7 Å². The van der Waals surface area contributed by atoms with Crippen LogP contribution in [0, 0.1) is 11.8 Å². The molecule has 2 atom stereocenters. The highest BCUT2D eigenvalue weighted by molar-refractivity contribution is 5.11. The smallest absolute Gasteiger partial charge is 0.0174 e. The number of hydrogen-bond acceptors (Lipinski definition) is 0. The van der Waals surface area contributed by atoms with Crippen molar-refractivity contribution in [3.05, 3.63) is 46.6 Å². The molecule has 0 amide bonds. The van der Waals surface area contributed by atoms with Crippen LogP contribution >= 0.6 is 0 Å². The molecule has 0 spiro atoms. The van der Waals surface area contributed by atoms with Crippen LogP contribution in [0.5, 0.6) is 0 Å². The fourth-order valence-electron chi connectivity index (χ4n) is 2.54. The normalized spacial score (nSPS) is 16.5. The van der Waals surface area contributed by atoms with E-state index < -0.39 is 0 Å². The molecule has 0 saturated heterocycles. The highest BCUT2D eigenvalue weighted by Crippen LogP contribution is 2.24. The summed E-state index contributed by atoms with van der Waals surface area (Å²) in [6.45, 7) is 18.0. The summed E-state index contributed by atoms with van der Waals surface area (Å²) in [4.78, 5) is 0. The second-order valence-electron chi connectivity index (χ2n) is 7.10. The van der Waals surface area contributed by atoms with Gasteiger partial charge in [0.15, 0.2) is 0 Å². The van der Waals surface area contributed by atoms with Crippen LogP contribution in [0.4, 0.5) is 0 Å². The molecule has 0 aromatic heterocycles. The first-order valence-electron chi connectivity index (χ1n) is 8.87. The molecule has 0 radical (unpaired) electrons. The fourth-order valence-corrected chi connectivity index (χ4v) is 2.54. The fraction of sp³-hybridized carbons (Fsp3) is 0.636. The zero-order valence-electron chi connectivity index (χ0n) is 16.3. The Morgan fingerprint density at radius 2 is 1.36 bits per heavy atom. The van der Waals surface area contributed by atoms with Crippen molar-refractivity contribution in [3.8, 4) is 0 Å². The van der Waals surface area contributed by atoms with Crippen molar-refractivity contribution in [2.24, 2.45) is 11.8 Å². The van der Waals surface area contributed by atoms with Gasteiger partial charge in [0.05, 0.1) is 0 Å². The third-order valence-electron chi connectivity index (χ3n) is 4.64. The van der Waals surface area contributed by atoms with Crippen molar-refractivity contribution in [1.29, 1.82) is 0 Å². The summed E-state index contributed by atoms with van der Waals surface area (Å²) in [7, 11) is 0.